The molecule has 324 valence electrons. The summed E-state index contributed by atoms with van der Waals surface area (Å²) in [5, 5.41) is 10.3. The Hall–Kier alpha value is -1.89. The van der Waals surface area contributed by atoms with Crippen molar-refractivity contribution in [2.75, 3.05) is 26.4 Å². The van der Waals surface area contributed by atoms with Gasteiger partial charge in [0, 0.05) is 37.6 Å². The number of aliphatic hydroxyl groups excluding tert-OH is 1. The maximum Gasteiger partial charge on any atom is 0.472 e. The van der Waals surface area contributed by atoms with Crippen LogP contribution in [0.1, 0.15) is 162 Å². The lowest BCUT2D eigenvalue weighted by Gasteiger charge is -2.27. The number of hydrogen-bond acceptors (Lipinski definition) is 11. The van der Waals surface area contributed by atoms with Crippen LogP contribution in [-0.4, -0.2) is 72.7 Å². The molecule has 0 aromatic heterocycles. The Bertz CT molecular complexity index is 1160. The predicted molar refractivity (Wildman–Crippen MR) is 219 cm³/mol. The zero-order chi connectivity index (χ0) is 40.7. The van der Waals surface area contributed by atoms with Crippen LogP contribution in [0.2, 0.25) is 0 Å². The van der Waals surface area contributed by atoms with Gasteiger partial charge in [0.25, 0.3) is 0 Å². The zero-order valence-corrected chi connectivity index (χ0v) is 35.5. The Kier molecular flexibility index (Phi) is 28.7. The Morgan fingerprint density at radius 1 is 0.786 bits per heavy atom. The molecule has 0 aromatic rings. The summed E-state index contributed by atoms with van der Waals surface area (Å²) >= 11 is 0. The smallest absolute Gasteiger partial charge is 0.462 e. The van der Waals surface area contributed by atoms with Crippen molar-refractivity contribution >= 4 is 19.8 Å². The number of rotatable bonds is 36. The van der Waals surface area contributed by atoms with Crippen LogP contribution < -0.4 is 5.73 Å². The van der Waals surface area contributed by atoms with E-state index in [9.17, 15) is 24.2 Å². The quantitative estimate of drug-likeness (QED) is 0.0180. The molecule has 4 N–H and O–H groups in total. The van der Waals surface area contributed by atoms with Gasteiger partial charge in [-0.3, -0.25) is 18.6 Å². The van der Waals surface area contributed by atoms with Crippen molar-refractivity contribution in [2.24, 2.45) is 17.6 Å². The van der Waals surface area contributed by atoms with Gasteiger partial charge in [-0.1, -0.05) is 140 Å². The second kappa shape index (κ2) is 32.0. The van der Waals surface area contributed by atoms with Crippen LogP contribution in [0.25, 0.3) is 0 Å². The Morgan fingerprint density at radius 3 is 2.05 bits per heavy atom. The van der Waals surface area contributed by atoms with Crippen molar-refractivity contribution in [2.45, 2.75) is 186 Å². The van der Waals surface area contributed by atoms with Crippen LogP contribution in [-0.2, 0) is 42.5 Å². The van der Waals surface area contributed by atoms with Gasteiger partial charge in [-0.15, -0.1) is 0 Å². The highest BCUT2D eigenvalue weighted by Crippen LogP contribution is 2.45. The van der Waals surface area contributed by atoms with E-state index in [1.165, 1.54) is 70.6 Å². The molecule has 2 aliphatic rings. The number of aliphatic hydroxyl groups is 1. The fraction of sp³-hybridized carbons (Fsp3) is 0.814. The lowest BCUT2D eigenvalue weighted by molar-refractivity contribution is -0.336. The first kappa shape index (κ1) is 50.3. The lowest BCUT2D eigenvalue weighted by atomic mass is 9.89. The average molecular weight is 814 g/mol. The summed E-state index contributed by atoms with van der Waals surface area (Å²) in [6, 6.07) is 0. The summed E-state index contributed by atoms with van der Waals surface area (Å²) in [4.78, 5) is 46.1. The summed E-state index contributed by atoms with van der Waals surface area (Å²) in [5.41, 5.74) is 5.35. The number of carbonyl (C=O) groups excluding carboxylic acids is 2. The van der Waals surface area contributed by atoms with Crippen LogP contribution in [0.15, 0.2) is 36.5 Å². The van der Waals surface area contributed by atoms with Crippen molar-refractivity contribution in [3.63, 3.8) is 0 Å². The van der Waals surface area contributed by atoms with E-state index < -0.39 is 38.6 Å². The summed E-state index contributed by atoms with van der Waals surface area (Å²) in [5.74, 6) is -0.547. The second-order valence-corrected chi connectivity index (χ2v) is 16.7. The van der Waals surface area contributed by atoms with E-state index >= 15 is 0 Å². The van der Waals surface area contributed by atoms with E-state index in [1.54, 1.807) is 0 Å². The van der Waals surface area contributed by atoms with E-state index in [1.807, 2.05) is 24.3 Å². The Morgan fingerprint density at radius 2 is 1.41 bits per heavy atom. The van der Waals surface area contributed by atoms with Crippen LogP contribution >= 0.6 is 7.82 Å². The minimum atomic E-state index is -4.42. The van der Waals surface area contributed by atoms with Crippen LogP contribution in [0.4, 0.5) is 0 Å². The van der Waals surface area contributed by atoms with Gasteiger partial charge < -0.3 is 25.2 Å². The molecule has 0 amide bonds. The van der Waals surface area contributed by atoms with E-state index in [0.29, 0.717) is 25.7 Å². The molecule has 1 saturated carbocycles. The molecular formula is C43H76NO11P. The molecule has 0 aromatic carbocycles. The number of allylic oxidation sites excluding steroid dienone is 3. The highest BCUT2D eigenvalue weighted by Gasteiger charge is 2.49. The molecule has 1 saturated heterocycles. The van der Waals surface area contributed by atoms with Crippen molar-refractivity contribution in [1.82, 2.24) is 0 Å². The molecule has 2 fully saturated rings. The number of ether oxygens (including phenoxy) is 2. The van der Waals surface area contributed by atoms with Crippen molar-refractivity contribution in [3.05, 3.63) is 36.5 Å². The highest BCUT2D eigenvalue weighted by molar-refractivity contribution is 7.47. The third kappa shape index (κ3) is 24.1. The zero-order valence-electron chi connectivity index (χ0n) is 34.6. The highest BCUT2D eigenvalue weighted by atomic mass is 31.2. The summed E-state index contributed by atoms with van der Waals surface area (Å²) < 4.78 is 32.9. The Labute approximate surface area is 337 Å². The molecular weight excluding hydrogens is 737 g/mol. The van der Waals surface area contributed by atoms with Crippen molar-refractivity contribution < 1.29 is 52.5 Å². The largest absolute Gasteiger partial charge is 0.472 e. The number of phosphoric ester groups is 1. The number of hydrogen-bond donors (Lipinski definition) is 3. The number of carbonyl (C=O) groups is 2. The molecule has 2 bridgehead atoms. The molecule has 7 unspecified atom stereocenters. The number of esters is 2. The van der Waals surface area contributed by atoms with Gasteiger partial charge in [0.2, 0.25) is 0 Å². The summed E-state index contributed by atoms with van der Waals surface area (Å²) in [7, 11) is -4.42. The van der Waals surface area contributed by atoms with Gasteiger partial charge in [-0.25, -0.2) is 14.3 Å². The fourth-order valence-corrected chi connectivity index (χ4v) is 7.90. The first-order chi connectivity index (χ1) is 27.2. The molecule has 2 rings (SSSR count). The first-order valence-corrected chi connectivity index (χ1v) is 23.3. The number of nitrogens with two attached hydrogens (primary N) is 1. The molecule has 12 nitrogen and oxygen atoms in total. The molecule has 56 heavy (non-hydrogen) atoms. The molecule has 1 heterocycles. The second-order valence-electron chi connectivity index (χ2n) is 15.3. The van der Waals surface area contributed by atoms with Crippen LogP contribution in [0.5, 0.6) is 0 Å². The standard InChI is InChI=1S/C43H76NO11P/c1-3-5-7-8-9-10-11-12-13-14-15-16-17-18-23-27-42(46)50-34-37(35-52-56(48,49)51-32-31-44)53-43(47)28-24-20-19-22-26-38-39(41-33-40(38)54-55-41)30-29-36(45)25-21-6-4-2/h6,19,21-22,29-30,36-41,45H,3-5,7-18,20,23-28,31-35,44H2,1-2H3,(H,48,49)/b21-6-,22-19-,30-29+. The number of phosphoric acid groups is 1. The summed E-state index contributed by atoms with van der Waals surface area (Å²) in [6.45, 7) is 3.39. The third-order valence-corrected chi connectivity index (χ3v) is 11.3. The molecule has 7 atom stereocenters. The van der Waals surface area contributed by atoms with Gasteiger partial charge in [-0.2, -0.15) is 0 Å². The van der Waals surface area contributed by atoms with E-state index in [2.05, 4.69) is 26.0 Å². The first-order valence-electron chi connectivity index (χ1n) is 21.8. The molecule has 1 aliphatic heterocycles. The lowest BCUT2D eigenvalue weighted by Crippen LogP contribution is -2.29. The molecule has 0 radical (unpaired) electrons. The van der Waals surface area contributed by atoms with Gasteiger partial charge in [0.05, 0.1) is 25.4 Å². The monoisotopic (exact) mass is 814 g/mol. The van der Waals surface area contributed by atoms with Gasteiger partial charge in [-0.05, 0) is 38.5 Å². The SMILES string of the molecule is CC/C=C\CC(O)/C=C/C1C2CC(OO2)C1C/C=C\CCCC(=O)OC(COC(=O)CCCCCCCCCCCCCCCCC)COP(=O)(O)OCCN. The van der Waals surface area contributed by atoms with Crippen molar-refractivity contribution in [1.29, 1.82) is 0 Å². The maximum atomic E-state index is 12.7. The molecule has 1 aliphatic carbocycles. The van der Waals surface area contributed by atoms with Gasteiger partial charge >= 0.3 is 19.8 Å². The summed E-state index contributed by atoms with van der Waals surface area (Å²) in [6.07, 6.45) is 33.6. The minimum Gasteiger partial charge on any atom is -0.462 e. The van der Waals surface area contributed by atoms with E-state index in [0.717, 1.165) is 38.5 Å². The van der Waals surface area contributed by atoms with Crippen LogP contribution in [0, 0.1) is 11.8 Å². The minimum absolute atomic E-state index is 0.0126. The normalized spacial score (nSPS) is 21.7. The number of fused-ring (bicyclic) bond motifs is 2. The average Bonchev–Trinajstić information content (AvgIpc) is 3.79. The molecule has 0 spiro atoms. The number of unbranched alkanes of at least 4 members (excludes halogenated alkanes) is 15. The third-order valence-electron chi connectivity index (χ3n) is 10.3. The maximum absolute atomic E-state index is 12.7. The van der Waals surface area contributed by atoms with E-state index in [4.69, 9.17) is 34.0 Å². The Balaban J connectivity index is 1.66. The van der Waals surface area contributed by atoms with Gasteiger partial charge in [0.1, 0.15) is 12.7 Å². The van der Waals surface area contributed by atoms with Crippen molar-refractivity contribution in [3.8, 4) is 0 Å². The fourth-order valence-electron chi connectivity index (χ4n) is 7.13. The molecule has 13 heteroatoms. The van der Waals surface area contributed by atoms with Crippen LogP contribution in [0.3, 0.4) is 0 Å². The predicted octanol–water partition coefficient (Wildman–Crippen LogP) is 9.52. The van der Waals surface area contributed by atoms with E-state index in [-0.39, 0.29) is 56.6 Å². The topological polar surface area (TPSA) is 173 Å². The van der Waals surface area contributed by atoms with Gasteiger partial charge in [0.15, 0.2) is 6.10 Å².